The Hall–Kier alpha value is -3.59. The van der Waals surface area contributed by atoms with Gasteiger partial charge in [-0.3, -0.25) is 9.59 Å². The first-order valence-electron chi connectivity index (χ1n) is 10.5. The van der Waals surface area contributed by atoms with Gasteiger partial charge in [0.25, 0.3) is 0 Å². The number of nitrogens with zero attached hydrogens (tertiary/aromatic N) is 5. The average Bonchev–Trinajstić information content (AvgIpc) is 3.14. The highest BCUT2D eigenvalue weighted by atomic mass is 19.1. The number of carbonyl (C=O) groups excluding carboxylic acids is 2. The monoisotopic (exact) mass is 435 g/mol. The fourth-order valence-electron chi connectivity index (χ4n) is 4.20. The van der Waals surface area contributed by atoms with Crippen LogP contribution in [0, 0.1) is 0 Å². The number of pyridine rings is 1. The Morgan fingerprint density at radius 2 is 1.91 bits per heavy atom. The number of hydrogen-bond donors (Lipinski definition) is 1. The number of aliphatic hydroxyl groups excluding tert-OH is 1. The van der Waals surface area contributed by atoms with Gasteiger partial charge in [-0.25, -0.2) is 14.1 Å². The molecule has 0 radical (unpaired) electrons. The van der Waals surface area contributed by atoms with Crippen molar-refractivity contribution in [2.45, 2.75) is 12.0 Å². The van der Waals surface area contributed by atoms with Crippen molar-refractivity contribution < 1.29 is 19.1 Å². The maximum absolute atomic E-state index is 12.3. The van der Waals surface area contributed by atoms with E-state index in [4.69, 9.17) is 5.10 Å². The average molecular weight is 435 g/mol. The van der Waals surface area contributed by atoms with Crippen molar-refractivity contribution in [3.05, 3.63) is 59.9 Å². The quantitative estimate of drug-likeness (QED) is 0.470. The van der Waals surface area contributed by atoms with Crippen LogP contribution >= 0.6 is 0 Å². The highest BCUT2D eigenvalue weighted by Gasteiger charge is 2.36. The molecule has 2 aromatic heterocycles. The Morgan fingerprint density at radius 1 is 1.16 bits per heavy atom. The maximum atomic E-state index is 12.3. The third-order valence-corrected chi connectivity index (χ3v) is 5.97. The standard InChI is InChI=1S/C23H22FN5O3/c24-8-1-2-20(32)27-10-16(11-27)22-21-19(7-9-25-23(21)28-12-18(31)13-28)29(26-22)17-5-3-15(14-30)4-6-17/h1-7,9,14,16,18,31H,8,10-13H2/b2-1+. The van der Waals surface area contributed by atoms with E-state index in [1.807, 2.05) is 27.8 Å². The molecule has 32 heavy (non-hydrogen) atoms. The number of allylic oxidation sites excluding steroid dienone is 1. The lowest BCUT2D eigenvalue weighted by atomic mass is 9.93. The van der Waals surface area contributed by atoms with Gasteiger partial charge in [0.1, 0.15) is 18.8 Å². The van der Waals surface area contributed by atoms with Gasteiger partial charge < -0.3 is 14.9 Å². The summed E-state index contributed by atoms with van der Waals surface area (Å²) in [4.78, 5) is 31.4. The number of amides is 1. The molecule has 2 saturated heterocycles. The lowest BCUT2D eigenvalue weighted by Gasteiger charge is -2.39. The van der Waals surface area contributed by atoms with E-state index < -0.39 is 6.67 Å². The number of halogens is 1. The van der Waals surface area contributed by atoms with E-state index in [-0.39, 0.29) is 17.9 Å². The van der Waals surface area contributed by atoms with Crippen molar-refractivity contribution in [1.29, 1.82) is 0 Å². The van der Waals surface area contributed by atoms with E-state index in [1.165, 1.54) is 12.2 Å². The summed E-state index contributed by atoms with van der Waals surface area (Å²) in [6.07, 6.45) is 4.61. The van der Waals surface area contributed by atoms with Crippen molar-refractivity contribution in [3.63, 3.8) is 0 Å². The molecular formula is C23H22FN5O3. The minimum absolute atomic E-state index is 0.0184. The molecule has 0 bridgehead atoms. The van der Waals surface area contributed by atoms with Crippen LogP contribution in [-0.2, 0) is 4.79 Å². The summed E-state index contributed by atoms with van der Waals surface area (Å²) in [7, 11) is 0. The molecule has 9 heteroatoms. The number of aldehydes is 1. The van der Waals surface area contributed by atoms with Crippen LogP contribution in [0.2, 0.25) is 0 Å². The van der Waals surface area contributed by atoms with Crippen molar-refractivity contribution in [2.24, 2.45) is 0 Å². The lowest BCUT2D eigenvalue weighted by Crippen LogP contribution is -2.51. The van der Waals surface area contributed by atoms with Gasteiger partial charge in [-0.05, 0) is 36.4 Å². The molecule has 5 rings (SSSR count). The third-order valence-electron chi connectivity index (χ3n) is 5.97. The number of β-amino-alcohol motifs (C(OH)–C–C–N with tert-alkyl or cyclic N) is 1. The highest BCUT2D eigenvalue weighted by molar-refractivity contribution is 5.95. The van der Waals surface area contributed by atoms with Gasteiger partial charge >= 0.3 is 0 Å². The van der Waals surface area contributed by atoms with Gasteiger partial charge in [-0.1, -0.05) is 0 Å². The largest absolute Gasteiger partial charge is 0.389 e. The molecule has 0 aliphatic carbocycles. The topological polar surface area (TPSA) is 91.6 Å². The summed E-state index contributed by atoms with van der Waals surface area (Å²) in [6, 6.07) is 9.05. The number of rotatable bonds is 6. The second kappa shape index (κ2) is 8.16. The summed E-state index contributed by atoms with van der Waals surface area (Å²) >= 11 is 0. The van der Waals surface area contributed by atoms with E-state index in [2.05, 4.69) is 4.98 Å². The zero-order valence-corrected chi connectivity index (χ0v) is 17.3. The minimum Gasteiger partial charge on any atom is -0.389 e. The molecule has 4 heterocycles. The Kier molecular flexibility index (Phi) is 5.18. The summed E-state index contributed by atoms with van der Waals surface area (Å²) in [6.45, 7) is 1.32. The first-order chi connectivity index (χ1) is 15.6. The van der Waals surface area contributed by atoms with Crippen LogP contribution in [0.5, 0.6) is 0 Å². The molecule has 0 unspecified atom stereocenters. The predicted molar refractivity (Wildman–Crippen MR) is 117 cm³/mol. The second-order valence-electron chi connectivity index (χ2n) is 8.09. The van der Waals surface area contributed by atoms with Crippen molar-refractivity contribution >= 4 is 28.9 Å². The normalized spacial score (nSPS) is 17.1. The molecule has 2 aliphatic rings. The summed E-state index contributed by atoms with van der Waals surface area (Å²) in [5, 5.41) is 15.6. The molecule has 1 aromatic carbocycles. The number of fused-ring (bicyclic) bond motifs is 1. The third kappa shape index (κ3) is 3.44. The molecule has 2 fully saturated rings. The summed E-state index contributed by atoms with van der Waals surface area (Å²) in [5.74, 6) is 0.571. The minimum atomic E-state index is -0.669. The van der Waals surface area contributed by atoms with Crippen LogP contribution in [0.4, 0.5) is 10.2 Å². The zero-order chi connectivity index (χ0) is 22.2. The molecule has 0 atom stereocenters. The molecule has 0 spiro atoms. The van der Waals surface area contributed by atoms with Crippen LogP contribution in [0.15, 0.2) is 48.7 Å². The predicted octanol–water partition coefficient (Wildman–Crippen LogP) is 1.87. The number of hydrogen-bond acceptors (Lipinski definition) is 6. The number of anilines is 1. The molecule has 1 N–H and O–H groups in total. The smallest absolute Gasteiger partial charge is 0.246 e. The Bertz CT molecular complexity index is 1190. The van der Waals surface area contributed by atoms with Crippen LogP contribution in [-0.4, -0.2) is 75.9 Å². The number of carbonyl (C=O) groups is 2. The Morgan fingerprint density at radius 3 is 2.56 bits per heavy atom. The van der Waals surface area contributed by atoms with E-state index in [0.29, 0.717) is 31.7 Å². The second-order valence-corrected chi connectivity index (χ2v) is 8.09. The van der Waals surface area contributed by atoms with Gasteiger partial charge in [-0.2, -0.15) is 5.10 Å². The number of aromatic nitrogens is 3. The Labute approximate surface area is 183 Å². The summed E-state index contributed by atoms with van der Waals surface area (Å²) in [5.41, 5.74) is 3.09. The first-order valence-corrected chi connectivity index (χ1v) is 10.5. The fourth-order valence-corrected chi connectivity index (χ4v) is 4.20. The number of alkyl halides is 1. The van der Waals surface area contributed by atoms with Crippen molar-refractivity contribution in [1.82, 2.24) is 19.7 Å². The number of aliphatic hydroxyl groups is 1. The van der Waals surface area contributed by atoms with Crippen LogP contribution in [0.1, 0.15) is 22.0 Å². The highest BCUT2D eigenvalue weighted by Crippen LogP contribution is 2.38. The molecule has 8 nitrogen and oxygen atoms in total. The van der Waals surface area contributed by atoms with Gasteiger partial charge in [0, 0.05) is 49.9 Å². The van der Waals surface area contributed by atoms with E-state index in [9.17, 15) is 19.1 Å². The van der Waals surface area contributed by atoms with E-state index in [1.54, 1.807) is 23.2 Å². The van der Waals surface area contributed by atoms with Crippen LogP contribution in [0.3, 0.4) is 0 Å². The van der Waals surface area contributed by atoms with Crippen LogP contribution < -0.4 is 4.90 Å². The van der Waals surface area contributed by atoms with Gasteiger partial charge in [0.05, 0.1) is 28.4 Å². The summed E-state index contributed by atoms with van der Waals surface area (Å²) < 4.78 is 14.2. The van der Waals surface area contributed by atoms with Crippen molar-refractivity contribution in [3.8, 4) is 5.69 Å². The van der Waals surface area contributed by atoms with Gasteiger partial charge in [0.15, 0.2) is 0 Å². The molecular weight excluding hydrogens is 413 g/mol. The number of likely N-dealkylation sites (tertiary alicyclic amines) is 1. The molecule has 164 valence electrons. The zero-order valence-electron chi connectivity index (χ0n) is 17.3. The number of benzene rings is 1. The Balaban J connectivity index is 1.54. The first kappa shape index (κ1) is 20.3. The van der Waals surface area contributed by atoms with Crippen LogP contribution in [0.25, 0.3) is 16.6 Å². The van der Waals surface area contributed by atoms with E-state index in [0.717, 1.165) is 34.4 Å². The SMILES string of the molecule is O=Cc1ccc(-n2nc(C3CN(C(=O)/C=C/CF)C3)c3c(N4CC(O)C4)nccc32)cc1. The molecule has 3 aromatic rings. The van der Waals surface area contributed by atoms with Crippen molar-refractivity contribution in [2.75, 3.05) is 37.8 Å². The molecule has 0 saturated carbocycles. The van der Waals surface area contributed by atoms with Gasteiger partial charge in [-0.15, -0.1) is 0 Å². The fraction of sp³-hybridized carbons (Fsp3) is 0.304. The van der Waals surface area contributed by atoms with E-state index >= 15 is 0 Å². The molecule has 2 aliphatic heterocycles. The molecule has 1 amide bonds. The lowest BCUT2D eigenvalue weighted by molar-refractivity contribution is -0.130. The maximum Gasteiger partial charge on any atom is 0.246 e. The van der Waals surface area contributed by atoms with Gasteiger partial charge in [0.2, 0.25) is 5.91 Å².